The molecule has 4 rings (SSSR count). The van der Waals surface area contributed by atoms with Crippen LogP contribution in [0.1, 0.15) is 19.4 Å². The highest BCUT2D eigenvalue weighted by Gasteiger charge is 2.43. The van der Waals surface area contributed by atoms with Gasteiger partial charge in [0, 0.05) is 11.8 Å². The molecule has 0 spiro atoms. The summed E-state index contributed by atoms with van der Waals surface area (Å²) in [6.45, 7) is 4.65. The molecule has 1 fully saturated rings. The summed E-state index contributed by atoms with van der Waals surface area (Å²) in [4.78, 5) is 0.202. The van der Waals surface area contributed by atoms with E-state index < -0.39 is 15.6 Å². The molecule has 0 radical (unpaired) electrons. The summed E-state index contributed by atoms with van der Waals surface area (Å²) in [6, 6.07) is 19.3. The zero-order chi connectivity index (χ0) is 19.8. The molecule has 0 bridgehead atoms. The van der Waals surface area contributed by atoms with E-state index in [0.29, 0.717) is 18.8 Å². The third-order valence-corrected chi connectivity index (χ3v) is 6.90. The van der Waals surface area contributed by atoms with Gasteiger partial charge in [0.25, 0.3) is 0 Å². The fraction of sp³-hybridized carbons (Fsp3) is 0.286. The lowest BCUT2D eigenvalue weighted by Crippen LogP contribution is -2.44. The van der Waals surface area contributed by atoms with Gasteiger partial charge in [-0.2, -0.15) is 9.40 Å². The van der Waals surface area contributed by atoms with Gasteiger partial charge >= 0.3 is 0 Å². The number of ether oxygens (including phenoxy) is 1. The number of nitrogens with zero attached hydrogens (tertiary/aromatic N) is 3. The van der Waals surface area contributed by atoms with E-state index in [4.69, 9.17) is 4.74 Å². The van der Waals surface area contributed by atoms with Gasteiger partial charge in [0.2, 0.25) is 10.0 Å². The van der Waals surface area contributed by atoms with E-state index in [1.807, 2.05) is 74.5 Å². The Kier molecular flexibility index (Phi) is 4.82. The van der Waals surface area contributed by atoms with Crippen molar-refractivity contribution in [3.05, 3.63) is 72.4 Å². The summed E-state index contributed by atoms with van der Waals surface area (Å²) >= 11 is 0. The first-order valence-corrected chi connectivity index (χ1v) is 10.6. The minimum Gasteiger partial charge on any atom is -0.363 e. The standard InChI is InChI=1S/C21H23N3O3S/c1-21(2)15-27-16-24(21)28(25,26)19-14-23(13-17-9-5-3-6-10-17)22-20(19)18-11-7-4-8-12-18/h3-12,14H,13,15-16H2,1-2H3. The molecule has 0 atom stereocenters. The first kappa shape index (κ1) is 18.9. The topological polar surface area (TPSA) is 64.4 Å². The van der Waals surface area contributed by atoms with Crippen LogP contribution in [0.3, 0.4) is 0 Å². The Bertz CT molecular complexity index is 1060. The minimum atomic E-state index is -3.77. The van der Waals surface area contributed by atoms with Crippen LogP contribution in [0.15, 0.2) is 71.8 Å². The minimum absolute atomic E-state index is 0.0490. The zero-order valence-corrected chi connectivity index (χ0v) is 16.8. The van der Waals surface area contributed by atoms with Crippen molar-refractivity contribution in [2.24, 2.45) is 0 Å². The fourth-order valence-corrected chi connectivity index (χ4v) is 5.19. The van der Waals surface area contributed by atoms with Crippen LogP contribution in [-0.2, 0) is 21.3 Å². The molecule has 1 saturated heterocycles. The Morgan fingerprint density at radius 2 is 1.68 bits per heavy atom. The average Bonchev–Trinajstić information content (AvgIpc) is 3.27. The molecule has 0 unspecified atom stereocenters. The number of hydrogen-bond acceptors (Lipinski definition) is 4. The quantitative estimate of drug-likeness (QED) is 0.662. The lowest BCUT2D eigenvalue weighted by Gasteiger charge is -2.27. The van der Waals surface area contributed by atoms with Gasteiger partial charge in [-0.25, -0.2) is 8.42 Å². The number of hydrogen-bond donors (Lipinski definition) is 0. The molecular weight excluding hydrogens is 374 g/mol. The van der Waals surface area contributed by atoms with Crippen LogP contribution >= 0.6 is 0 Å². The summed E-state index contributed by atoms with van der Waals surface area (Å²) in [6.07, 6.45) is 1.62. The van der Waals surface area contributed by atoms with Crippen LogP contribution in [-0.4, -0.2) is 41.4 Å². The number of benzene rings is 2. The summed E-state index contributed by atoms with van der Waals surface area (Å²) in [5, 5.41) is 4.63. The number of rotatable bonds is 5. The van der Waals surface area contributed by atoms with Crippen molar-refractivity contribution in [2.75, 3.05) is 13.3 Å². The molecule has 0 N–H and O–H groups in total. The monoisotopic (exact) mass is 397 g/mol. The number of aromatic nitrogens is 2. The smallest absolute Gasteiger partial charge is 0.249 e. The maximum Gasteiger partial charge on any atom is 0.249 e. The van der Waals surface area contributed by atoms with E-state index in [0.717, 1.165) is 11.1 Å². The second-order valence-corrected chi connectivity index (χ2v) is 9.37. The van der Waals surface area contributed by atoms with Gasteiger partial charge < -0.3 is 4.74 Å². The molecule has 6 nitrogen and oxygen atoms in total. The molecular formula is C21H23N3O3S. The lowest BCUT2D eigenvalue weighted by atomic mass is 10.1. The molecule has 1 aromatic heterocycles. The summed E-state index contributed by atoms with van der Waals surface area (Å²) in [7, 11) is -3.77. The van der Waals surface area contributed by atoms with Crippen molar-refractivity contribution in [3.8, 4) is 11.3 Å². The Balaban J connectivity index is 1.81. The van der Waals surface area contributed by atoms with Crippen molar-refractivity contribution in [2.45, 2.75) is 30.8 Å². The third kappa shape index (κ3) is 3.48. The van der Waals surface area contributed by atoms with E-state index in [1.165, 1.54) is 4.31 Å². The predicted molar refractivity (Wildman–Crippen MR) is 107 cm³/mol. The molecule has 2 aromatic carbocycles. The molecule has 1 aliphatic heterocycles. The van der Waals surface area contributed by atoms with Gasteiger partial charge in [-0.3, -0.25) is 4.68 Å². The van der Waals surface area contributed by atoms with Crippen LogP contribution in [0.5, 0.6) is 0 Å². The van der Waals surface area contributed by atoms with Crippen LogP contribution in [0.2, 0.25) is 0 Å². The molecule has 0 amide bonds. The van der Waals surface area contributed by atoms with Crippen molar-refractivity contribution in [1.29, 1.82) is 0 Å². The molecule has 2 heterocycles. The van der Waals surface area contributed by atoms with Gasteiger partial charge in [0.15, 0.2) is 0 Å². The van der Waals surface area contributed by atoms with Gasteiger partial charge in [0.1, 0.15) is 17.3 Å². The summed E-state index contributed by atoms with van der Waals surface area (Å²) < 4.78 is 35.6. The fourth-order valence-electron chi connectivity index (χ4n) is 3.38. The molecule has 0 aliphatic carbocycles. The maximum absolute atomic E-state index is 13.5. The van der Waals surface area contributed by atoms with Crippen LogP contribution < -0.4 is 0 Å². The van der Waals surface area contributed by atoms with E-state index >= 15 is 0 Å². The summed E-state index contributed by atoms with van der Waals surface area (Å²) in [5.74, 6) is 0. The molecule has 3 aromatic rings. The highest BCUT2D eigenvalue weighted by molar-refractivity contribution is 7.89. The van der Waals surface area contributed by atoms with Crippen LogP contribution in [0, 0.1) is 0 Å². The van der Waals surface area contributed by atoms with E-state index in [1.54, 1.807) is 10.9 Å². The Morgan fingerprint density at radius 1 is 1.04 bits per heavy atom. The molecule has 7 heteroatoms. The molecule has 0 saturated carbocycles. The maximum atomic E-state index is 13.5. The van der Waals surface area contributed by atoms with Crippen molar-refractivity contribution < 1.29 is 13.2 Å². The van der Waals surface area contributed by atoms with E-state index in [2.05, 4.69) is 5.10 Å². The first-order valence-electron chi connectivity index (χ1n) is 9.15. The van der Waals surface area contributed by atoms with Gasteiger partial charge in [-0.05, 0) is 19.4 Å². The number of sulfonamides is 1. The second-order valence-electron chi connectivity index (χ2n) is 7.53. The highest BCUT2D eigenvalue weighted by Crippen LogP contribution is 2.34. The predicted octanol–water partition coefficient (Wildman–Crippen LogP) is 3.36. The highest BCUT2D eigenvalue weighted by atomic mass is 32.2. The van der Waals surface area contributed by atoms with Gasteiger partial charge in [0.05, 0.1) is 18.7 Å². The van der Waals surface area contributed by atoms with Crippen molar-refractivity contribution in [1.82, 2.24) is 14.1 Å². The van der Waals surface area contributed by atoms with E-state index in [-0.39, 0.29) is 11.6 Å². The largest absolute Gasteiger partial charge is 0.363 e. The van der Waals surface area contributed by atoms with Crippen molar-refractivity contribution >= 4 is 10.0 Å². The zero-order valence-electron chi connectivity index (χ0n) is 15.9. The second kappa shape index (κ2) is 7.16. The Labute approximate surface area is 165 Å². The third-order valence-electron chi connectivity index (χ3n) is 4.87. The Morgan fingerprint density at radius 3 is 2.29 bits per heavy atom. The molecule has 146 valence electrons. The normalized spacial score (nSPS) is 17.1. The van der Waals surface area contributed by atoms with Crippen molar-refractivity contribution in [3.63, 3.8) is 0 Å². The summed E-state index contributed by atoms with van der Waals surface area (Å²) in [5.41, 5.74) is 1.68. The van der Waals surface area contributed by atoms with Gasteiger partial charge in [-0.1, -0.05) is 60.7 Å². The molecule has 28 heavy (non-hydrogen) atoms. The lowest BCUT2D eigenvalue weighted by molar-refractivity contribution is 0.171. The van der Waals surface area contributed by atoms with Crippen LogP contribution in [0.4, 0.5) is 0 Å². The van der Waals surface area contributed by atoms with Crippen LogP contribution in [0.25, 0.3) is 11.3 Å². The SMILES string of the molecule is CC1(C)COCN1S(=O)(=O)c1cn(Cc2ccccc2)nc1-c1ccccc1. The van der Waals surface area contributed by atoms with E-state index in [9.17, 15) is 8.42 Å². The Hall–Kier alpha value is -2.48. The van der Waals surface area contributed by atoms with Gasteiger partial charge in [-0.15, -0.1) is 0 Å². The average molecular weight is 398 g/mol. The molecule has 1 aliphatic rings. The first-order chi connectivity index (χ1) is 13.4.